The highest BCUT2D eigenvalue weighted by Gasteiger charge is 2.47. The number of amides is 1. The van der Waals surface area contributed by atoms with Gasteiger partial charge >= 0.3 is 5.97 Å². The highest BCUT2D eigenvalue weighted by molar-refractivity contribution is 7.91. The number of aromatic carboxylic acids is 1. The average Bonchev–Trinajstić information content (AvgIpc) is 2.91. The van der Waals surface area contributed by atoms with Crippen molar-refractivity contribution in [3.05, 3.63) is 18.0 Å². The first-order valence-electron chi connectivity index (χ1n) is 6.80. The predicted molar refractivity (Wildman–Crippen MR) is 76.8 cm³/mol. The van der Waals surface area contributed by atoms with Gasteiger partial charge in [-0.25, -0.2) is 17.9 Å². The first kappa shape index (κ1) is 16.4. The number of hydrogen-bond donors (Lipinski definition) is 3. The van der Waals surface area contributed by atoms with Gasteiger partial charge in [0, 0.05) is 19.3 Å². The zero-order valence-electron chi connectivity index (χ0n) is 12.1. The fraction of sp³-hybridized carbons (Fsp3) is 0.583. The van der Waals surface area contributed by atoms with E-state index in [0.717, 1.165) is 0 Å². The summed E-state index contributed by atoms with van der Waals surface area (Å²) in [6.45, 7) is 2.16. The standard InChI is InChI=1S/C12H18N4O5S/c1-12(4-2-5-14-22(12,20)21)11(19)13-6-8-16-7-3-9(15-16)10(17)18/h3,7,14H,2,4-6,8H2,1H3,(H,13,19)(H,17,18). The number of rotatable bonds is 5. The number of carboxylic acid groups (broad SMARTS) is 1. The van der Waals surface area contributed by atoms with Crippen molar-refractivity contribution in [2.24, 2.45) is 0 Å². The van der Waals surface area contributed by atoms with Gasteiger partial charge in [0.1, 0.15) is 0 Å². The van der Waals surface area contributed by atoms with E-state index in [2.05, 4.69) is 15.1 Å². The van der Waals surface area contributed by atoms with Crippen LogP contribution in [0.1, 0.15) is 30.3 Å². The lowest BCUT2D eigenvalue weighted by Crippen LogP contribution is -2.57. The maximum atomic E-state index is 12.2. The summed E-state index contributed by atoms with van der Waals surface area (Å²) in [5.74, 6) is -1.69. The molecule has 1 saturated heterocycles. The second-order valence-electron chi connectivity index (χ2n) is 5.26. The zero-order chi connectivity index (χ0) is 16.4. The molecule has 2 heterocycles. The monoisotopic (exact) mass is 330 g/mol. The van der Waals surface area contributed by atoms with Crippen LogP contribution in [0.3, 0.4) is 0 Å². The lowest BCUT2D eigenvalue weighted by molar-refractivity contribution is -0.123. The van der Waals surface area contributed by atoms with Gasteiger partial charge in [-0.3, -0.25) is 9.48 Å². The number of aromatic nitrogens is 2. The molecular formula is C12H18N4O5S. The summed E-state index contributed by atoms with van der Waals surface area (Å²) < 4.78 is 26.3. The van der Waals surface area contributed by atoms with E-state index in [1.165, 1.54) is 23.9 Å². The number of carbonyl (C=O) groups is 2. The fourth-order valence-electron chi connectivity index (χ4n) is 2.23. The first-order valence-corrected chi connectivity index (χ1v) is 8.29. The molecule has 0 spiro atoms. The van der Waals surface area contributed by atoms with E-state index in [1.807, 2.05) is 0 Å². The predicted octanol–water partition coefficient (Wildman–Crippen LogP) is -0.831. The maximum absolute atomic E-state index is 12.2. The van der Waals surface area contributed by atoms with Crippen LogP contribution in [0.2, 0.25) is 0 Å². The zero-order valence-corrected chi connectivity index (χ0v) is 12.9. The Morgan fingerprint density at radius 1 is 1.55 bits per heavy atom. The molecule has 0 saturated carbocycles. The number of carbonyl (C=O) groups excluding carboxylic acids is 1. The molecule has 3 N–H and O–H groups in total. The van der Waals surface area contributed by atoms with Crippen LogP contribution in [0.4, 0.5) is 0 Å². The number of hydrogen-bond acceptors (Lipinski definition) is 5. The van der Waals surface area contributed by atoms with Gasteiger partial charge in [0.05, 0.1) is 6.54 Å². The molecule has 2 rings (SSSR count). The van der Waals surface area contributed by atoms with E-state index < -0.39 is 26.6 Å². The third kappa shape index (κ3) is 3.12. The smallest absolute Gasteiger partial charge is 0.356 e. The van der Waals surface area contributed by atoms with E-state index >= 15 is 0 Å². The van der Waals surface area contributed by atoms with E-state index in [-0.39, 0.29) is 25.2 Å². The van der Waals surface area contributed by atoms with Crippen LogP contribution in [0, 0.1) is 0 Å². The second kappa shape index (κ2) is 6.05. The van der Waals surface area contributed by atoms with Gasteiger partial charge in [-0.15, -0.1) is 0 Å². The normalized spacial score (nSPS) is 23.9. The van der Waals surface area contributed by atoms with Crippen LogP contribution in [-0.2, 0) is 21.4 Å². The van der Waals surface area contributed by atoms with Crippen molar-refractivity contribution in [1.82, 2.24) is 19.8 Å². The molecule has 1 amide bonds. The van der Waals surface area contributed by atoms with Gasteiger partial charge < -0.3 is 10.4 Å². The minimum Gasteiger partial charge on any atom is -0.476 e. The molecular weight excluding hydrogens is 312 g/mol. The number of nitrogens with zero attached hydrogens (tertiary/aromatic N) is 2. The highest BCUT2D eigenvalue weighted by Crippen LogP contribution is 2.26. The molecule has 1 aliphatic heterocycles. The lowest BCUT2D eigenvalue weighted by Gasteiger charge is -2.32. The van der Waals surface area contributed by atoms with Crippen LogP contribution in [0.5, 0.6) is 0 Å². The molecule has 9 nitrogen and oxygen atoms in total. The largest absolute Gasteiger partial charge is 0.476 e. The third-order valence-corrected chi connectivity index (χ3v) is 5.84. The van der Waals surface area contributed by atoms with Crippen LogP contribution in [-0.4, -0.2) is 53.0 Å². The molecule has 1 fully saturated rings. The Kier molecular flexibility index (Phi) is 4.52. The Morgan fingerprint density at radius 2 is 2.27 bits per heavy atom. The van der Waals surface area contributed by atoms with Gasteiger partial charge in [-0.1, -0.05) is 0 Å². The van der Waals surface area contributed by atoms with Gasteiger partial charge in [0.25, 0.3) is 0 Å². The second-order valence-corrected chi connectivity index (χ2v) is 7.45. The molecule has 0 aliphatic carbocycles. The Morgan fingerprint density at radius 3 is 2.86 bits per heavy atom. The van der Waals surface area contributed by atoms with Crippen molar-refractivity contribution in [2.75, 3.05) is 13.1 Å². The maximum Gasteiger partial charge on any atom is 0.356 e. The summed E-state index contributed by atoms with van der Waals surface area (Å²) in [7, 11) is -3.69. The minimum absolute atomic E-state index is 0.0858. The molecule has 22 heavy (non-hydrogen) atoms. The third-order valence-electron chi connectivity index (χ3n) is 3.68. The van der Waals surface area contributed by atoms with Gasteiger partial charge in [-0.05, 0) is 25.8 Å². The van der Waals surface area contributed by atoms with E-state index in [0.29, 0.717) is 13.0 Å². The van der Waals surface area contributed by atoms with Crippen molar-refractivity contribution in [3.63, 3.8) is 0 Å². The molecule has 0 bridgehead atoms. The topological polar surface area (TPSA) is 130 Å². The van der Waals surface area contributed by atoms with Crippen molar-refractivity contribution in [2.45, 2.75) is 31.1 Å². The Labute approximate surface area is 127 Å². The van der Waals surface area contributed by atoms with Crippen molar-refractivity contribution in [3.8, 4) is 0 Å². The summed E-state index contributed by atoms with van der Waals surface area (Å²) >= 11 is 0. The summed E-state index contributed by atoms with van der Waals surface area (Å²) in [4.78, 5) is 22.9. The Bertz CT molecular complexity index is 683. The molecule has 1 unspecified atom stereocenters. The van der Waals surface area contributed by atoms with E-state index in [1.54, 1.807) is 0 Å². The van der Waals surface area contributed by atoms with Crippen LogP contribution in [0.15, 0.2) is 12.3 Å². The Hall–Kier alpha value is -1.94. The molecule has 0 aromatic carbocycles. The first-order chi connectivity index (χ1) is 10.3. The SMILES string of the molecule is CC1(C(=O)NCCn2ccc(C(=O)O)n2)CCCNS1(=O)=O. The number of sulfonamides is 1. The molecule has 0 radical (unpaired) electrons. The lowest BCUT2D eigenvalue weighted by atomic mass is 10.0. The summed E-state index contributed by atoms with van der Waals surface area (Å²) in [5.41, 5.74) is -0.0858. The average molecular weight is 330 g/mol. The minimum atomic E-state index is -3.69. The quantitative estimate of drug-likeness (QED) is 0.646. The number of carboxylic acids is 1. The summed E-state index contributed by atoms with van der Waals surface area (Å²) in [6, 6.07) is 1.35. The fourth-order valence-corrected chi connectivity index (χ4v) is 3.69. The molecule has 1 atom stereocenters. The van der Waals surface area contributed by atoms with E-state index in [4.69, 9.17) is 5.11 Å². The molecule has 1 aromatic heterocycles. The number of nitrogens with one attached hydrogen (secondary N) is 2. The van der Waals surface area contributed by atoms with Crippen LogP contribution in [0.25, 0.3) is 0 Å². The molecule has 122 valence electrons. The van der Waals surface area contributed by atoms with Crippen LogP contribution >= 0.6 is 0 Å². The van der Waals surface area contributed by atoms with E-state index in [9.17, 15) is 18.0 Å². The van der Waals surface area contributed by atoms with Crippen LogP contribution < -0.4 is 10.0 Å². The molecule has 10 heteroatoms. The van der Waals surface area contributed by atoms with Gasteiger partial charge in [0.2, 0.25) is 15.9 Å². The van der Waals surface area contributed by atoms with Crippen molar-refractivity contribution in [1.29, 1.82) is 0 Å². The summed E-state index contributed by atoms with van der Waals surface area (Å²) in [6.07, 6.45) is 2.35. The van der Waals surface area contributed by atoms with Crippen molar-refractivity contribution < 1.29 is 23.1 Å². The van der Waals surface area contributed by atoms with Gasteiger partial charge in [0.15, 0.2) is 10.4 Å². The Balaban J connectivity index is 1.93. The summed E-state index contributed by atoms with van der Waals surface area (Å²) in [5, 5.41) is 15.1. The highest BCUT2D eigenvalue weighted by atomic mass is 32.2. The molecule has 1 aliphatic rings. The van der Waals surface area contributed by atoms with Crippen molar-refractivity contribution >= 4 is 21.9 Å². The van der Waals surface area contributed by atoms with Gasteiger partial charge in [-0.2, -0.15) is 5.10 Å². The molecule has 1 aromatic rings.